The van der Waals surface area contributed by atoms with Crippen molar-refractivity contribution in [1.29, 1.82) is 0 Å². The van der Waals surface area contributed by atoms with Crippen LogP contribution < -0.4 is 10.6 Å². The van der Waals surface area contributed by atoms with Gasteiger partial charge in [-0.2, -0.15) is 0 Å². The van der Waals surface area contributed by atoms with Crippen molar-refractivity contribution in [2.24, 2.45) is 0 Å². The fourth-order valence-corrected chi connectivity index (χ4v) is 2.33. The molecule has 2 aromatic rings. The van der Waals surface area contributed by atoms with Crippen LogP contribution in [0, 0.1) is 5.82 Å². The van der Waals surface area contributed by atoms with Crippen molar-refractivity contribution in [1.82, 2.24) is 5.32 Å². The molecule has 96 valence electrons. The molecule has 0 aliphatic carbocycles. The van der Waals surface area contributed by atoms with Gasteiger partial charge in [-0.05, 0) is 29.3 Å². The van der Waals surface area contributed by atoms with Crippen LogP contribution in [0.25, 0.3) is 0 Å². The summed E-state index contributed by atoms with van der Waals surface area (Å²) in [5.74, 6) is -0.427. The Morgan fingerprint density at radius 2 is 1.89 bits per heavy atom. The molecule has 0 radical (unpaired) electrons. The maximum atomic E-state index is 13.5. The minimum absolute atomic E-state index is 0.119. The minimum atomic E-state index is -0.308. The first-order valence-corrected chi connectivity index (χ1v) is 6.11. The zero-order valence-corrected chi connectivity index (χ0v) is 10.2. The molecule has 1 aliphatic rings. The molecule has 0 spiro atoms. The lowest BCUT2D eigenvalue weighted by Gasteiger charge is -2.18. The SMILES string of the molecule is O=C1CNC(c2ccccc2)c2cc(F)ccc2N1. The van der Waals surface area contributed by atoms with Crippen molar-refractivity contribution < 1.29 is 9.18 Å². The zero-order valence-electron chi connectivity index (χ0n) is 10.2. The molecule has 2 aromatic carbocycles. The number of anilines is 1. The van der Waals surface area contributed by atoms with Crippen molar-refractivity contribution in [3.63, 3.8) is 0 Å². The van der Waals surface area contributed by atoms with Crippen LogP contribution in [-0.2, 0) is 4.79 Å². The van der Waals surface area contributed by atoms with Gasteiger partial charge < -0.3 is 5.32 Å². The third-order valence-corrected chi connectivity index (χ3v) is 3.20. The minimum Gasteiger partial charge on any atom is -0.325 e. The number of carbonyl (C=O) groups is 1. The van der Waals surface area contributed by atoms with Crippen molar-refractivity contribution in [2.45, 2.75) is 6.04 Å². The van der Waals surface area contributed by atoms with Gasteiger partial charge in [0.1, 0.15) is 5.82 Å². The number of rotatable bonds is 1. The van der Waals surface area contributed by atoms with Crippen LogP contribution in [0.3, 0.4) is 0 Å². The highest BCUT2D eigenvalue weighted by Gasteiger charge is 2.23. The highest BCUT2D eigenvalue weighted by Crippen LogP contribution is 2.30. The maximum absolute atomic E-state index is 13.5. The maximum Gasteiger partial charge on any atom is 0.238 e. The molecule has 1 heterocycles. The Morgan fingerprint density at radius 3 is 2.68 bits per heavy atom. The average molecular weight is 256 g/mol. The molecule has 3 rings (SSSR count). The largest absolute Gasteiger partial charge is 0.325 e. The monoisotopic (exact) mass is 256 g/mol. The molecule has 1 atom stereocenters. The second kappa shape index (κ2) is 4.82. The van der Waals surface area contributed by atoms with Crippen molar-refractivity contribution >= 4 is 11.6 Å². The van der Waals surface area contributed by atoms with E-state index < -0.39 is 0 Å². The van der Waals surface area contributed by atoms with Crippen LogP contribution in [0.2, 0.25) is 0 Å². The number of hydrogen-bond donors (Lipinski definition) is 2. The van der Waals surface area contributed by atoms with Crippen LogP contribution in [0.15, 0.2) is 48.5 Å². The highest BCUT2D eigenvalue weighted by atomic mass is 19.1. The summed E-state index contributed by atoms with van der Waals surface area (Å²) in [7, 11) is 0. The van der Waals surface area contributed by atoms with Crippen LogP contribution in [-0.4, -0.2) is 12.5 Å². The van der Waals surface area contributed by atoms with Gasteiger partial charge in [0.25, 0.3) is 0 Å². The van der Waals surface area contributed by atoms with E-state index in [-0.39, 0.29) is 24.3 Å². The number of hydrogen-bond acceptors (Lipinski definition) is 2. The van der Waals surface area contributed by atoms with Crippen LogP contribution in [0.5, 0.6) is 0 Å². The molecule has 2 N–H and O–H groups in total. The lowest BCUT2D eigenvalue weighted by Crippen LogP contribution is -2.27. The topological polar surface area (TPSA) is 41.1 Å². The summed E-state index contributed by atoms with van der Waals surface area (Å²) in [6, 6.07) is 13.9. The van der Waals surface area contributed by atoms with Crippen molar-refractivity contribution in [3.05, 3.63) is 65.5 Å². The summed E-state index contributed by atoms with van der Waals surface area (Å²) < 4.78 is 13.5. The molecule has 3 nitrogen and oxygen atoms in total. The summed E-state index contributed by atoms with van der Waals surface area (Å²) in [5.41, 5.74) is 2.41. The second-order valence-electron chi connectivity index (χ2n) is 4.50. The van der Waals surface area contributed by atoms with E-state index in [9.17, 15) is 9.18 Å². The normalized spacial score (nSPS) is 18.4. The fourth-order valence-electron chi connectivity index (χ4n) is 2.33. The highest BCUT2D eigenvalue weighted by molar-refractivity contribution is 5.94. The lowest BCUT2D eigenvalue weighted by atomic mass is 9.97. The Morgan fingerprint density at radius 1 is 1.11 bits per heavy atom. The van der Waals surface area contributed by atoms with E-state index in [1.807, 2.05) is 30.3 Å². The summed E-state index contributed by atoms with van der Waals surface area (Å²) in [6.07, 6.45) is 0. The second-order valence-corrected chi connectivity index (χ2v) is 4.50. The summed E-state index contributed by atoms with van der Waals surface area (Å²) in [4.78, 5) is 11.6. The smallest absolute Gasteiger partial charge is 0.238 e. The number of benzene rings is 2. The number of nitrogens with one attached hydrogen (secondary N) is 2. The first-order chi connectivity index (χ1) is 9.24. The molecule has 0 aromatic heterocycles. The lowest BCUT2D eigenvalue weighted by molar-refractivity contribution is -0.115. The Balaban J connectivity index is 2.11. The van der Waals surface area contributed by atoms with Gasteiger partial charge in [-0.3, -0.25) is 10.1 Å². The van der Waals surface area contributed by atoms with E-state index in [1.165, 1.54) is 12.1 Å². The van der Waals surface area contributed by atoms with E-state index >= 15 is 0 Å². The summed E-state index contributed by atoms with van der Waals surface area (Å²) >= 11 is 0. The Labute approximate surface area is 110 Å². The third-order valence-electron chi connectivity index (χ3n) is 3.20. The summed E-state index contributed by atoms with van der Waals surface area (Å²) in [5, 5.41) is 5.93. The molecule has 1 aliphatic heterocycles. The predicted octanol–water partition coefficient (Wildman–Crippen LogP) is 2.46. The van der Waals surface area contributed by atoms with Crippen molar-refractivity contribution in [3.8, 4) is 0 Å². The van der Waals surface area contributed by atoms with Crippen molar-refractivity contribution in [2.75, 3.05) is 11.9 Å². The average Bonchev–Trinajstić information content (AvgIpc) is 2.58. The standard InChI is InChI=1S/C15H13FN2O/c16-11-6-7-13-12(8-11)15(17-9-14(19)18-13)10-4-2-1-3-5-10/h1-8,15,17H,9H2,(H,18,19). The molecule has 4 heteroatoms. The van der Waals surface area contributed by atoms with Gasteiger partial charge in [0.05, 0.1) is 12.6 Å². The predicted molar refractivity (Wildman–Crippen MR) is 71.3 cm³/mol. The summed E-state index contributed by atoms with van der Waals surface area (Å²) in [6.45, 7) is 0.204. The zero-order chi connectivity index (χ0) is 13.2. The number of carbonyl (C=O) groups excluding carboxylic acids is 1. The molecule has 0 saturated heterocycles. The third kappa shape index (κ3) is 2.35. The number of amides is 1. The van der Waals surface area contributed by atoms with Crippen LogP contribution in [0.1, 0.15) is 17.2 Å². The van der Waals surface area contributed by atoms with E-state index in [4.69, 9.17) is 0 Å². The van der Waals surface area contributed by atoms with Gasteiger partial charge in [-0.1, -0.05) is 30.3 Å². The molecule has 19 heavy (non-hydrogen) atoms. The van der Waals surface area contributed by atoms with Gasteiger partial charge in [0, 0.05) is 5.69 Å². The molecule has 1 amide bonds. The van der Waals surface area contributed by atoms with Gasteiger partial charge in [0.15, 0.2) is 0 Å². The molecular weight excluding hydrogens is 243 g/mol. The molecule has 0 bridgehead atoms. The van der Waals surface area contributed by atoms with Gasteiger partial charge in [-0.25, -0.2) is 4.39 Å². The Bertz CT molecular complexity index is 613. The first-order valence-electron chi connectivity index (χ1n) is 6.11. The number of halogens is 1. The quantitative estimate of drug-likeness (QED) is 0.823. The Hall–Kier alpha value is -2.20. The van der Waals surface area contributed by atoms with E-state index in [2.05, 4.69) is 10.6 Å². The fraction of sp³-hybridized carbons (Fsp3) is 0.133. The molecule has 0 fully saturated rings. The van der Waals surface area contributed by atoms with Crippen LogP contribution in [0.4, 0.5) is 10.1 Å². The van der Waals surface area contributed by atoms with E-state index in [1.54, 1.807) is 6.07 Å². The van der Waals surface area contributed by atoms with E-state index in [0.29, 0.717) is 5.69 Å². The first kappa shape index (κ1) is 11.9. The van der Waals surface area contributed by atoms with Gasteiger partial charge in [-0.15, -0.1) is 0 Å². The molecule has 0 saturated carbocycles. The van der Waals surface area contributed by atoms with E-state index in [0.717, 1.165) is 11.1 Å². The number of fused-ring (bicyclic) bond motifs is 1. The molecule has 1 unspecified atom stereocenters. The van der Waals surface area contributed by atoms with Crippen LogP contribution >= 0.6 is 0 Å². The van der Waals surface area contributed by atoms with Gasteiger partial charge in [0.2, 0.25) is 5.91 Å². The van der Waals surface area contributed by atoms with Gasteiger partial charge >= 0.3 is 0 Å². The molecular formula is C15H13FN2O. The Kier molecular flexibility index (Phi) is 3.01.